The van der Waals surface area contributed by atoms with Gasteiger partial charge in [-0.3, -0.25) is 0 Å². The van der Waals surface area contributed by atoms with Gasteiger partial charge in [0.05, 0.1) is 17.8 Å². The summed E-state index contributed by atoms with van der Waals surface area (Å²) in [5.41, 5.74) is 5.04. The number of nitrogens with two attached hydrogens (primary N) is 1. The Hall–Kier alpha value is -0.120. The highest BCUT2D eigenvalue weighted by atomic mass is 16.5. The van der Waals surface area contributed by atoms with Crippen LogP contribution in [0.1, 0.15) is 75.2 Å². The Bertz CT molecular complexity index is 294. The Morgan fingerprint density at radius 3 is 1.70 bits per heavy atom. The minimum atomic E-state index is -0.808. The highest BCUT2D eigenvalue weighted by Crippen LogP contribution is 2.43. The van der Waals surface area contributed by atoms with Gasteiger partial charge in [-0.15, -0.1) is 0 Å². The van der Waals surface area contributed by atoms with Gasteiger partial charge in [0.25, 0.3) is 0 Å². The summed E-state index contributed by atoms with van der Waals surface area (Å²) in [5.74, 6) is 0.322. The molecule has 20 heavy (non-hydrogen) atoms. The molecule has 2 unspecified atom stereocenters. The first-order valence-corrected chi connectivity index (χ1v) is 7.76. The van der Waals surface area contributed by atoms with Crippen LogP contribution < -0.4 is 5.73 Å². The van der Waals surface area contributed by atoms with E-state index in [1.165, 1.54) is 0 Å². The predicted molar refractivity (Wildman–Crippen MR) is 86.8 cm³/mol. The van der Waals surface area contributed by atoms with E-state index in [0.717, 1.165) is 12.8 Å². The maximum atomic E-state index is 9.94. The number of aliphatic hydroxyl groups is 1. The first-order valence-electron chi connectivity index (χ1n) is 7.76. The van der Waals surface area contributed by atoms with Crippen LogP contribution in [0.4, 0.5) is 0 Å². The van der Waals surface area contributed by atoms with Crippen LogP contribution in [0.5, 0.6) is 0 Å². The predicted octanol–water partition coefficient (Wildman–Crippen LogP) is 3.73. The Balaban J connectivity index is 5.26. The van der Waals surface area contributed by atoms with Crippen molar-refractivity contribution in [2.75, 3.05) is 6.61 Å². The zero-order valence-electron chi connectivity index (χ0n) is 15.1. The molecular formula is C17H37NO2. The molecular weight excluding hydrogens is 250 g/mol. The summed E-state index contributed by atoms with van der Waals surface area (Å²) in [4.78, 5) is 0. The Morgan fingerprint density at radius 2 is 1.45 bits per heavy atom. The number of hydrogen-bond donors (Lipinski definition) is 2. The van der Waals surface area contributed by atoms with Crippen LogP contribution in [0.15, 0.2) is 0 Å². The second-order valence-electron chi connectivity index (χ2n) is 8.88. The van der Waals surface area contributed by atoms with E-state index >= 15 is 0 Å². The molecule has 0 aliphatic carbocycles. The summed E-state index contributed by atoms with van der Waals surface area (Å²) in [6.45, 7) is 19.1. The van der Waals surface area contributed by atoms with Gasteiger partial charge < -0.3 is 15.6 Å². The third-order valence-electron chi connectivity index (χ3n) is 3.97. The molecule has 0 heterocycles. The summed E-state index contributed by atoms with van der Waals surface area (Å²) in [7, 11) is 0. The van der Waals surface area contributed by atoms with E-state index < -0.39 is 5.60 Å². The molecule has 122 valence electrons. The molecule has 0 saturated heterocycles. The maximum Gasteiger partial charge on any atom is 0.0824 e. The van der Waals surface area contributed by atoms with Crippen molar-refractivity contribution in [2.45, 2.75) is 91.9 Å². The van der Waals surface area contributed by atoms with Gasteiger partial charge in [0.15, 0.2) is 0 Å². The molecule has 0 aliphatic heterocycles. The van der Waals surface area contributed by atoms with Gasteiger partial charge in [0, 0.05) is 5.54 Å². The minimum absolute atomic E-state index is 0.0982. The van der Waals surface area contributed by atoms with Gasteiger partial charge in [0.2, 0.25) is 0 Å². The van der Waals surface area contributed by atoms with Gasteiger partial charge >= 0.3 is 0 Å². The molecule has 0 aromatic heterocycles. The summed E-state index contributed by atoms with van der Waals surface area (Å²) >= 11 is 0. The highest BCUT2D eigenvalue weighted by Gasteiger charge is 2.43. The van der Waals surface area contributed by atoms with Gasteiger partial charge in [-0.25, -0.2) is 0 Å². The van der Waals surface area contributed by atoms with Gasteiger partial charge in [-0.05, 0) is 58.8 Å². The van der Waals surface area contributed by atoms with E-state index in [0.29, 0.717) is 12.5 Å². The molecule has 3 N–H and O–H groups in total. The zero-order valence-corrected chi connectivity index (χ0v) is 15.1. The fourth-order valence-electron chi connectivity index (χ4n) is 2.75. The number of ether oxygens (including phenoxy) is 1. The maximum absolute atomic E-state index is 9.94. The third kappa shape index (κ3) is 7.05. The first kappa shape index (κ1) is 19.9. The van der Waals surface area contributed by atoms with Crippen molar-refractivity contribution < 1.29 is 9.84 Å². The van der Waals surface area contributed by atoms with E-state index in [4.69, 9.17) is 10.5 Å². The molecule has 0 saturated carbocycles. The van der Waals surface area contributed by atoms with Crippen LogP contribution in [-0.4, -0.2) is 28.5 Å². The average Bonchev–Trinajstić information content (AvgIpc) is 2.19. The summed E-state index contributed by atoms with van der Waals surface area (Å²) < 4.78 is 6.17. The molecule has 0 aromatic rings. The smallest absolute Gasteiger partial charge is 0.0824 e. The van der Waals surface area contributed by atoms with Crippen molar-refractivity contribution in [2.24, 2.45) is 17.1 Å². The van der Waals surface area contributed by atoms with Crippen molar-refractivity contribution in [1.82, 2.24) is 0 Å². The van der Waals surface area contributed by atoms with Crippen LogP contribution in [0.25, 0.3) is 0 Å². The molecule has 0 aliphatic rings. The fraction of sp³-hybridized carbons (Fsp3) is 1.00. The number of rotatable bonds is 7. The molecule has 0 bridgehead atoms. The average molecular weight is 287 g/mol. The molecule has 0 spiro atoms. The van der Waals surface area contributed by atoms with E-state index in [9.17, 15) is 5.11 Å². The van der Waals surface area contributed by atoms with E-state index in [-0.39, 0.29) is 16.6 Å². The van der Waals surface area contributed by atoms with Crippen LogP contribution in [0.3, 0.4) is 0 Å². The normalized spacial score (nSPS) is 18.8. The highest BCUT2D eigenvalue weighted by molar-refractivity contribution is 4.95. The van der Waals surface area contributed by atoms with Crippen LogP contribution in [-0.2, 0) is 4.74 Å². The molecule has 0 amide bonds. The molecule has 3 nitrogen and oxygen atoms in total. The van der Waals surface area contributed by atoms with Crippen molar-refractivity contribution in [3.05, 3.63) is 0 Å². The molecule has 2 atom stereocenters. The third-order valence-corrected chi connectivity index (χ3v) is 3.97. The van der Waals surface area contributed by atoms with Gasteiger partial charge in [0.1, 0.15) is 0 Å². The Kier molecular flexibility index (Phi) is 6.29. The number of hydrogen-bond acceptors (Lipinski definition) is 3. The van der Waals surface area contributed by atoms with Gasteiger partial charge in [-0.1, -0.05) is 27.7 Å². The SMILES string of the molecule is CCC(C)(OCC(C)(C)O)C(CC(C)(C)N)C(C)(C)C. The lowest BCUT2D eigenvalue weighted by atomic mass is 9.65. The van der Waals surface area contributed by atoms with Crippen LogP contribution in [0, 0.1) is 11.3 Å². The lowest BCUT2D eigenvalue weighted by Gasteiger charge is -2.47. The van der Waals surface area contributed by atoms with Crippen LogP contribution >= 0.6 is 0 Å². The monoisotopic (exact) mass is 287 g/mol. The molecule has 0 rings (SSSR count). The van der Waals surface area contributed by atoms with Crippen molar-refractivity contribution in [1.29, 1.82) is 0 Å². The molecule has 0 radical (unpaired) electrons. The topological polar surface area (TPSA) is 55.5 Å². The van der Waals surface area contributed by atoms with Crippen molar-refractivity contribution >= 4 is 0 Å². The minimum Gasteiger partial charge on any atom is -0.388 e. The largest absolute Gasteiger partial charge is 0.388 e. The van der Waals surface area contributed by atoms with Gasteiger partial charge in [-0.2, -0.15) is 0 Å². The molecule has 0 fully saturated rings. The van der Waals surface area contributed by atoms with Crippen LogP contribution in [0.2, 0.25) is 0 Å². The quantitative estimate of drug-likeness (QED) is 0.750. The lowest BCUT2D eigenvalue weighted by Crippen LogP contribution is -2.50. The molecule has 3 heteroatoms. The Morgan fingerprint density at radius 1 is 1.00 bits per heavy atom. The summed E-state index contributed by atoms with van der Waals surface area (Å²) in [6.07, 6.45) is 1.80. The van der Waals surface area contributed by atoms with E-state index in [2.05, 4.69) is 48.5 Å². The first-order chi connectivity index (χ1) is 8.61. The standard InChI is InChI=1S/C17H37NO2/c1-10-17(9,20-12-16(7,8)19)13(14(2,3)4)11-15(5,6)18/h13,19H,10-12,18H2,1-9H3. The summed E-state index contributed by atoms with van der Waals surface area (Å²) in [5, 5.41) is 9.94. The van der Waals surface area contributed by atoms with E-state index in [1.807, 2.05) is 0 Å². The second kappa shape index (κ2) is 6.33. The molecule has 0 aromatic carbocycles. The lowest BCUT2D eigenvalue weighted by molar-refractivity contribution is -0.150. The Labute approximate surface area is 126 Å². The summed E-state index contributed by atoms with van der Waals surface area (Å²) in [6, 6.07) is 0. The van der Waals surface area contributed by atoms with Crippen molar-refractivity contribution in [3.63, 3.8) is 0 Å². The fourth-order valence-corrected chi connectivity index (χ4v) is 2.75. The van der Waals surface area contributed by atoms with E-state index in [1.54, 1.807) is 13.8 Å². The van der Waals surface area contributed by atoms with Crippen molar-refractivity contribution in [3.8, 4) is 0 Å². The zero-order chi connectivity index (χ0) is 16.4. The second-order valence-corrected chi connectivity index (χ2v) is 8.88.